The fraction of sp³-hybridized carbons (Fsp3) is 0.846. The van der Waals surface area contributed by atoms with Gasteiger partial charge in [-0.2, -0.15) is 0 Å². The Morgan fingerprint density at radius 2 is 2.45 bits per heavy atom. The molecule has 0 bridgehead atoms. The van der Waals surface area contributed by atoms with Crippen LogP contribution in [0.3, 0.4) is 0 Å². The first-order valence-electron chi connectivity index (χ1n) is 7.41. The minimum atomic E-state index is 0.0865. The van der Waals surface area contributed by atoms with E-state index < -0.39 is 0 Å². The van der Waals surface area contributed by atoms with Gasteiger partial charge in [-0.3, -0.25) is 4.90 Å². The van der Waals surface area contributed by atoms with Crippen LogP contribution < -0.4 is 5.32 Å². The summed E-state index contributed by atoms with van der Waals surface area (Å²) < 4.78 is 7.55. The Labute approximate surface area is 118 Å². The van der Waals surface area contributed by atoms with E-state index in [2.05, 4.69) is 20.5 Å². The van der Waals surface area contributed by atoms with Crippen LogP contribution in [0.4, 0.5) is 0 Å². The van der Waals surface area contributed by atoms with Crippen molar-refractivity contribution in [2.45, 2.75) is 38.1 Å². The lowest BCUT2D eigenvalue weighted by Gasteiger charge is -2.35. The minimum Gasteiger partial charge on any atom is -0.394 e. The van der Waals surface area contributed by atoms with Crippen molar-refractivity contribution < 1.29 is 9.84 Å². The Kier molecular flexibility index (Phi) is 4.62. The molecule has 2 aliphatic rings. The molecule has 2 fully saturated rings. The van der Waals surface area contributed by atoms with Gasteiger partial charge in [0.1, 0.15) is 0 Å². The van der Waals surface area contributed by atoms with E-state index in [1.165, 1.54) is 19.4 Å². The molecule has 0 radical (unpaired) electrons. The van der Waals surface area contributed by atoms with Crippen LogP contribution in [0.5, 0.6) is 0 Å². The van der Waals surface area contributed by atoms with Gasteiger partial charge in [-0.25, -0.2) is 4.68 Å². The maximum atomic E-state index is 8.82. The van der Waals surface area contributed by atoms with Gasteiger partial charge >= 0.3 is 0 Å². The third kappa shape index (κ3) is 3.35. The van der Waals surface area contributed by atoms with E-state index in [0.29, 0.717) is 19.1 Å². The zero-order valence-corrected chi connectivity index (χ0v) is 11.7. The summed E-state index contributed by atoms with van der Waals surface area (Å²) >= 11 is 0. The first kappa shape index (κ1) is 13.9. The number of nitrogens with zero attached hydrogens (tertiary/aromatic N) is 4. The summed E-state index contributed by atoms with van der Waals surface area (Å²) in [5.41, 5.74) is 0.897. The van der Waals surface area contributed by atoms with E-state index in [-0.39, 0.29) is 12.7 Å². The van der Waals surface area contributed by atoms with Crippen molar-refractivity contribution in [2.75, 3.05) is 32.8 Å². The molecule has 0 spiro atoms. The number of hydrogen-bond acceptors (Lipinski definition) is 6. The molecule has 3 heterocycles. The second kappa shape index (κ2) is 6.62. The fourth-order valence-corrected chi connectivity index (χ4v) is 3.00. The maximum Gasteiger partial charge on any atom is 0.0964 e. The van der Waals surface area contributed by atoms with Crippen LogP contribution in [0.15, 0.2) is 6.20 Å². The first-order valence-corrected chi connectivity index (χ1v) is 7.41. The first-order chi connectivity index (χ1) is 9.85. The van der Waals surface area contributed by atoms with Crippen molar-refractivity contribution in [3.8, 4) is 0 Å². The predicted octanol–water partition coefficient (Wildman–Crippen LogP) is -0.777. The van der Waals surface area contributed by atoms with E-state index >= 15 is 0 Å². The molecule has 2 unspecified atom stereocenters. The summed E-state index contributed by atoms with van der Waals surface area (Å²) in [5, 5.41) is 20.2. The van der Waals surface area contributed by atoms with Gasteiger partial charge < -0.3 is 15.2 Å². The molecule has 1 aromatic heterocycles. The molecule has 0 aliphatic carbocycles. The number of morpholine rings is 1. The van der Waals surface area contributed by atoms with Crippen LogP contribution in [0, 0.1) is 0 Å². The molecule has 2 aliphatic heterocycles. The van der Waals surface area contributed by atoms with Crippen LogP contribution in [0.2, 0.25) is 0 Å². The molecule has 112 valence electrons. The summed E-state index contributed by atoms with van der Waals surface area (Å²) in [5.74, 6) is 0. The van der Waals surface area contributed by atoms with Crippen LogP contribution >= 0.6 is 0 Å². The van der Waals surface area contributed by atoms with Crippen molar-refractivity contribution in [1.82, 2.24) is 25.2 Å². The second-order valence-electron chi connectivity index (χ2n) is 5.57. The Balaban J connectivity index is 1.38. The van der Waals surface area contributed by atoms with E-state index in [4.69, 9.17) is 9.84 Å². The Morgan fingerprint density at radius 3 is 3.35 bits per heavy atom. The quantitative estimate of drug-likeness (QED) is 0.713. The molecule has 1 aromatic rings. The highest BCUT2D eigenvalue weighted by Crippen LogP contribution is 2.22. The molecule has 20 heavy (non-hydrogen) atoms. The van der Waals surface area contributed by atoms with Crippen LogP contribution in [0.1, 0.15) is 18.5 Å². The molecule has 0 aromatic carbocycles. The van der Waals surface area contributed by atoms with Gasteiger partial charge in [0, 0.05) is 31.9 Å². The van der Waals surface area contributed by atoms with Crippen molar-refractivity contribution >= 4 is 0 Å². The van der Waals surface area contributed by atoms with Crippen molar-refractivity contribution in [2.24, 2.45) is 0 Å². The summed E-state index contributed by atoms with van der Waals surface area (Å²) in [6.07, 6.45) is 4.73. The molecular weight excluding hydrogens is 258 g/mol. The van der Waals surface area contributed by atoms with Crippen LogP contribution in [0.25, 0.3) is 0 Å². The lowest BCUT2D eigenvalue weighted by Crippen LogP contribution is -2.49. The molecule has 0 amide bonds. The normalized spacial score (nSPS) is 26.9. The maximum absolute atomic E-state index is 8.82. The average Bonchev–Trinajstić information content (AvgIpc) is 3.08. The Morgan fingerprint density at radius 1 is 1.50 bits per heavy atom. The number of fused-ring (bicyclic) bond motifs is 1. The smallest absolute Gasteiger partial charge is 0.0964 e. The van der Waals surface area contributed by atoms with Gasteiger partial charge in [0.25, 0.3) is 0 Å². The summed E-state index contributed by atoms with van der Waals surface area (Å²) in [6, 6.07) is 0.657. The zero-order valence-electron chi connectivity index (χ0n) is 11.7. The Hall–Kier alpha value is -1.02. The van der Waals surface area contributed by atoms with E-state index in [1.807, 2.05) is 6.20 Å². The highest BCUT2D eigenvalue weighted by Gasteiger charge is 2.31. The van der Waals surface area contributed by atoms with Gasteiger partial charge in [0.15, 0.2) is 0 Å². The van der Waals surface area contributed by atoms with E-state index in [9.17, 15) is 0 Å². The fourth-order valence-electron chi connectivity index (χ4n) is 3.00. The number of nitrogens with one attached hydrogen (secondary N) is 1. The highest BCUT2D eigenvalue weighted by molar-refractivity contribution is 4.92. The van der Waals surface area contributed by atoms with Crippen molar-refractivity contribution in [3.05, 3.63) is 11.9 Å². The molecule has 0 saturated carbocycles. The van der Waals surface area contributed by atoms with E-state index in [1.54, 1.807) is 4.68 Å². The third-order valence-electron chi connectivity index (χ3n) is 4.05. The van der Waals surface area contributed by atoms with Crippen molar-refractivity contribution in [3.63, 3.8) is 0 Å². The molecule has 7 heteroatoms. The SMILES string of the molecule is OCCn1cc(CNCC2CN3CCCC3CO2)nn1. The van der Waals surface area contributed by atoms with Gasteiger partial charge in [0.2, 0.25) is 0 Å². The lowest BCUT2D eigenvalue weighted by atomic mass is 10.2. The van der Waals surface area contributed by atoms with Gasteiger partial charge in [-0.05, 0) is 19.4 Å². The van der Waals surface area contributed by atoms with E-state index in [0.717, 1.165) is 25.4 Å². The van der Waals surface area contributed by atoms with Crippen LogP contribution in [-0.2, 0) is 17.8 Å². The third-order valence-corrected chi connectivity index (χ3v) is 4.05. The van der Waals surface area contributed by atoms with Crippen molar-refractivity contribution in [1.29, 1.82) is 0 Å². The lowest BCUT2D eigenvalue weighted by molar-refractivity contribution is -0.0470. The molecule has 2 saturated heterocycles. The second-order valence-corrected chi connectivity index (χ2v) is 5.57. The molecule has 2 atom stereocenters. The van der Waals surface area contributed by atoms with Gasteiger partial charge in [0.05, 0.1) is 31.6 Å². The number of aromatic nitrogens is 3. The molecule has 2 N–H and O–H groups in total. The monoisotopic (exact) mass is 281 g/mol. The summed E-state index contributed by atoms with van der Waals surface area (Å²) in [4.78, 5) is 2.55. The summed E-state index contributed by atoms with van der Waals surface area (Å²) in [7, 11) is 0. The standard InChI is InChI=1S/C13H23N5O2/c19-5-4-18-8-11(15-16-18)6-14-7-13-9-17-3-1-2-12(17)10-20-13/h8,12-14,19H,1-7,9-10H2. The number of rotatable bonds is 6. The van der Waals surface area contributed by atoms with Crippen LogP contribution in [-0.4, -0.2) is 70.0 Å². The number of ether oxygens (including phenoxy) is 1. The molecule has 7 nitrogen and oxygen atoms in total. The Bertz CT molecular complexity index is 425. The average molecular weight is 281 g/mol. The number of aliphatic hydroxyl groups is 1. The van der Waals surface area contributed by atoms with Gasteiger partial charge in [-0.1, -0.05) is 5.21 Å². The predicted molar refractivity (Wildman–Crippen MR) is 73.1 cm³/mol. The number of hydrogen-bond donors (Lipinski definition) is 2. The zero-order chi connectivity index (χ0) is 13.8. The molecular formula is C13H23N5O2. The summed E-state index contributed by atoms with van der Waals surface area (Å²) in [6.45, 7) is 5.25. The number of aliphatic hydroxyl groups excluding tert-OH is 1. The minimum absolute atomic E-state index is 0.0865. The molecule has 3 rings (SSSR count). The van der Waals surface area contributed by atoms with Gasteiger partial charge in [-0.15, -0.1) is 5.10 Å². The largest absolute Gasteiger partial charge is 0.394 e. The topological polar surface area (TPSA) is 75.4 Å². The highest BCUT2D eigenvalue weighted by atomic mass is 16.5.